The van der Waals surface area contributed by atoms with Crippen LogP contribution >= 0.6 is 11.8 Å². The zero-order valence-electron chi connectivity index (χ0n) is 11.9. The molecule has 1 saturated carbocycles. The Morgan fingerprint density at radius 1 is 1.53 bits per heavy atom. The lowest BCUT2D eigenvalue weighted by atomic mass is 9.96. The van der Waals surface area contributed by atoms with Crippen LogP contribution < -0.4 is 5.32 Å². The Kier molecular flexibility index (Phi) is 5.30. The first-order valence-electron chi connectivity index (χ1n) is 7.11. The molecule has 0 bridgehead atoms. The number of aromatic nitrogens is 2. The maximum atomic E-state index is 9.52. The minimum absolute atomic E-state index is 0.0832. The first-order valence-corrected chi connectivity index (χ1v) is 8.10. The molecule has 0 aliphatic heterocycles. The third-order valence-electron chi connectivity index (χ3n) is 3.55. The molecule has 2 N–H and O–H groups in total. The fraction of sp³-hybridized carbons (Fsp3) is 0.786. The fourth-order valence-corrected chi connectivity index (χ4v) is 3.13. The summed E-state index contributed by atoms with van der Waals surface area (Å²) in [7, 11) is 1.94. The van der Waals surface area contributed by atoms with Crippen LogP contribution in [0, 0.1) is 0 Å². The average molecular weight is 283 g/mol. The predicted molar refractivity (Wildman–Crippen MR) is 79.4 cm³/mol. The molecule has 1 fully saturated rings. The average Bonchev–Trinajstić information content (AvgIpc) is 3.09. The van der Waals surface area contributed by atoms with Crippen LogP contribution in [-0.4, -0.2) is 38.8 Å². The Labute approximate surface area is 120 Å². The minimum atomic E-state index is -0.0832. The summed E-state index contributed by atoms with van der Waals surface area (Å²) in [6.07, 6.45) is 9.90. The summed E-state index contributed by atoms with van der Waals surface area (Å²) in [5, 5.41) is 17.2. The summed E-state index contributed by atoms with van der Waals surface area (Å²) in [6.45, 7) is 2.37. The van der Waals surface area contributed by atoms with Crippen LogP contribution in [-0.2, 0) is 7.05 Å². The van der Waals surface area contributed by atoms with Crippen LogP contribution in [0.15, 0.2) is 17.3 Å². The SMILES string of the molecule is Cn1cc(SCCCCC(C)(CO)NC2CC2)cn1. The number of hydrogen-bond donors (Lipinski definition) is 2. The lowest BCUT2D eigenvalue weighted by molar-refractivity contribution is 0.161. The van der Waals surface area contributed by atoms with E-state index in [2.05, 4.69) is 23.5 Å². The van der Waals surface area contributed by atoms with Crippen molar-refractivity contribution in [3.05, 3.63) is 12.4 Å². The monoisotopic (exact) mass is 283 g/mol. The van der Waals surface area contributed by atoms with Crippen molar-refractivity contribution in [3.63, 3.8) is 0 Å². The molecule has 1 aliphatic carbocycles. The van der Waals surface area contributed by atoms with Gasteiger partial charge < -0.3 is 10.4 Å². The van der Waals surface area contributed by atoms with Crippen molar-refractivity contribution in [2.75, 3.05) is 12.4 Å². The maximum Gasteiger partial charge on any atom is 0.0625 e. The largest absolute Gasteiger partial charge is 0.394 e. The predicted octanol–water partition coefficient (Wildman–Crippen LogP) is 2.19. The normalized spacial score (nSPS) is 18.5. The van der Waals surface area contributed by atoms with Gasteiger partial charge in [0.15, 0.2) is 0 Å². The van der Waals surface area contributed by atoms with E-state index in [1.54, 1.807) is 0 Å². The number of rotatable bonds is 9. The molecular formula is C14H25N3OS. The van der Waals surface area contributed by atoms with Gasteiger partial charge in [0.05, 0.1) is 12.8 Å². The number of aliphatic hydroxyl groups is 1. The molecular weight excluding hydrogens is 258 g/mol. The number of nitrogens with one attached hydrogen (secondary N) is 1. The van der Waals surface area contributed by atoms with Gasteiger partial charge in [-0.3, -0.25) is 4.68 Å². The number of aryl methyl sites for hydroxylation is 1. The van der Waals surface area contributed by atoms with Crippen LogP contribution in [0.2, 0.25) is 0 Å². The number of nitrogens with zero attached hydrogens (tertiary/aromatic N) is 2. The molecule has 1 heterocycles. The van der Waals surface area contributed by atoms with Crippen molar-refractivity contribution in [3.8, 4) is 0 Å². The van der Waals surface area contributed by atoms with Crippen molar-refractivity contribution >= 4 is 11.8 Å². The Morgan fingerprint density at radius 3 is 2.89 bits per heavy atom. The molecule has 0 spiro atoms. The molecule has 1 aliphatic rings. The topological polar surface area (TPSA) is 50.1 Å². The van der Waals surface area contributed by atoms with Gasteiger partial charge in [-0.05, 0) is 38.4 Å². The number of aliphatic hydroxyl groups excluding tert-OH is 1. The Morgan fingerprint density at radius 2 is 2.32 bits per heavy atom. The van der Waals surface area contributed by atoms with Crippen molar-refractivity contribution in [2.45, 2.75) is 55.5 Å². The van der Waals surface area contributed by atoms with E-state index in [0.717, 1.165) is 18.6 Å². The summed E-state index contributed by atoms with van der Waals surface area (Å²) in [5.74, 6) is 1.12. The molecule has 1 unspecified atom stereocenters. The van der Waals surface area contributed by atoms with E-state index in [1.165, 1.54) is 24.2 Å². The van der Waals surface area contributed by atoms with E-state index in [-0.39, 0.29) is 12.1 Å². The molecule has 1 aromatic heterocycles. The molecule has 1 atom stereocenters. The molecule has 0 amide bonds. The van der Waals surface area contributed by atoms with E-state index in [9.17, 15) is 5.11 Å². The minimum Gasteiger partial charge on any atom is -0.394 e. The second kappa shape index (κ2) is 6.77. The smallest absolute Gasteiger partial charge is 0.0625 e. The molecule has 0 saturated heterocycles. The van der Waals surface area contributed by atoms with Crippen molar-refractivity contribution < 1.29 is 5.11 Å². The first-order chi connectivity index (χ1) is 9.11. The summed E-state index contributed by atoms with van der Waals surface area (Å²) in [4.78, 5) is 1.24. The molecule has 108 valence electrons. The van der Waals surface area contributed by atoms with Gasteiger partial charge in [-0.25, -0.2) is 0 Å². The summed E-state index contributed by atoms with van der Waals surface area (Å²) in [5.41, 5.74) is -0.0832. The van der Waals surface area contributed by atoms with Crippen LogP contribution in [0.1, 0.15) is 39.0 Å². The second-order valence-electron chi connectivity index (χ2n) is 5.79. The third kappa shape index (κ3) is 5.16. The van der Waals surface area contributed by atoms with Crippen LogP contribution in [0.5, 0.6) is 0 Å². The van der Waals surface area contributed by atoms with E-state index < -0.39 is 0 Å². The highest BCUT2D eigenvalue weighted by Gasteiger charge is 2.31. The van der Waals surface area contributed by atoms with Crippen LogP contribution in [0.4, 0.5) is 0 Å². The third-order valence-corrected chi connectivity index (χ3v) is 4.59. The highest BCUT2D eigenvalue weighted by Crippen LogP contribution is 2.25. The molecule has 2 rings (SSSR count). The number of unbranched alkanes of at least 4 members (excludes halogenated alkanes) is 1. The van der Waals surface area contributed by atoms with E-state index >= 15 is 0 Å². The Balaban J connectivity index is 1.59. The van der Waals surface area contributed by atoms with Crippen LogP contribution in [0.25, 0.3) is 0 Å². The lowest BCUT2D eigenvalue weighted by Gasteiger charge is -2.29. The molecule has 1 aromatic rings. The molecule has 19 heavy (non-hydrogen) atoms. The van der Waals surface area contributed by atoms with Crippen molar-refractivity contribution in [1.29, 1.82) is 0 Å². The van der Waals surface area contributed by atoms with Crippen molar-refractivity contribution in [2.24, 2.45) is 7.05 Å². The van der Waals surface area contributed by atoms with Crippen LogP contribution in [0.3, 0.4) is 0 Å². The molecule has 4 nitrogen and oxygen atoms in total. The Bertz CT molecular complexity index is 392. The van der Waals surface area contributed by atoms with E-state index in [4.69, 9.17) is 0 Å². The van der Waals surface area contributed by atoms with Gasteiger partial charge in [0.25, 0.3) is 0 Å². The van der Waals surface area contributed by atoms with Gasteiger partial charge in [-0.15, -0.1) is 11.8 Å². The zero-order valence-corrected chi connectivity index (χ0v) is 12.7. The number of thioether (sulfide) groups is 1. The van der Waals surface area contributed by atoms with Crippen molar-refractivity contribution in [1.82, 2.24) is 15.1 Å². The molecule has 5 heteroatoms. The Hall–Kier alpha value is -0.520. The van der Waals surface area contributed by atoms with Gasteiger partial charge in [0.1, 0.15) is 0 Å². The van der Waals surface area contributed by atoms with Gasteiger partial charge in [0, 0.05) is 29.7 Å². The van der Waals surface area contributed by atoms with Gasteiger partial charge in [-0.2, -0.15) is 5.10 Å². The highest BCUT2D eigenvalue weighted by atomic mass is 32.2. The summed E-state index contributed by atoms with van der Waals surface area (Å²) >= 11 is 1.86. The maximum absolute atomic E-state index is 9.52. The first kappa shape index (κ1) is 14.9. The number of hydrogen-bond acceptors (Lipinski definition) is 4. The summed E-state index contributed by atoms with van der Waals surface area (Å²) < 4.78 is 1.84. The quantitative estimate of drug-likeness (QED) is 0.539. The molecule has 0 aromatic carbocycles. The lowest BCUT2D eigenvalue weighted by Crippen LogP contribution is -2.46. The highest BCUT2D eigenvalue weighted by molar-refractivity contribution is 7.99. The summed E-state index contributed by atoms with van der Waals surface area (Å²) in [6, 6.07) is 0.655. The standard InChI is InChI=1S/C14H25N3OS/c1-14(11-18,16-12-5-6-12)7-3-4-8-19-13-9-15-17(2)10-13/h9-10,12,16,18H,3-8,11H2,1-2H3. The van der Waals surface area contributed by atoms with Gasteiger partial charge in [-0.1, -0.05) is 6.42 Å². The second-order valence-corrected chi connectivity index (χ2v) is 6.96. The van der Waals surface area contributed by atoms with Gasteiger partial charge in [0.2, 0.25) is 0 Å². The van der Waals surface area contributed by atoms with Gasteiger partial charge >= 0.3 is 0 Å². The fourth-order valence-electron chi connectivity index (χ4n) is 2.20. The van der Waals surface area contributed by atoms with E-state index in [0.29, 0.717) is 6.04 Å². The van der Waals surface area contributed by atoms with E-state index in [1.807, 2.05) is 29.7 Å². The molecule has 0 radical (unpaired) electrons. The zero-order chi connectivity index (χ0) is 13.7.